The van der Waals surface area contributed by atoms with Gasteiger partial charge in [-0.3, -0.25) is 0 Å². The minimum atomic E-state index is -0.280. The van der Waals surface area contributed by atoms with Crippen LogP contribution in [0.15, 0.2) is 297 Å². The standard InChI is InChI=1S/C74H52N2/c1-74(55-24-7-3-8-25-55)69-37-18-15-32-64(69)65-49-44-54(50-70(65)74)51-40-45-57(46-41-51)75(71-38-19-16-33-66(71)63-31-14-13-30-62(63)61-29-12-11-28-59(61)52-22-5-2-6-23-52)58-47-42-53(43-48-58)60-35-21-36-68-67-34-17-20-39-72(67)76(73(60)68)56-26-9-4-10-27-56/h2-50H,1H3. The quantitative estimate of drug-likeness (QED) is 0.133. The van der Waals surface area contributed by atoms with Crippen LogP contribution in [0.25, 0.3) is 94.3 Å². The first-order valence-electron chi connectivity index (χ1n) is 26.3. The van der Waals surface area contributed by atoms with Crippen molar-refractivity contribution in [2.45, 2.75) is 12.3 Å². The van der Waals surface area contributed by atoms with Crippen LogP contribution in [0.5, 0.6) is 0 Å². The van der Waals surface area contributed by atoms with Crippen molar-refractivity contribution in [2.75, 3.05) is 4.90 Å². The maximum absolute atomic E-state index is 2.44. The number of benzene rings is 12. The number of anilines is 3. The van der Waals surface area contributed by atoms with Gasteiger partial charge in [-0.1, -0.05) is 243 Å². The third-order valence-corrected chi connectivity index (χ3v) is 15.9. The normalized spacial score (nSPS) is 13.6. The smallest absolute Gasteiger partial charge is 0.0619 e. The molecule has 14 rings (SSSR count). The van der Waals surface area contributed by atoms with E-state index in [9.17, 15) is 0 Å². The Bertz CT molecular complexity index is 4270. The van der Waals surface area contributed by atoms with Crippen LogP contribution < -0.4 is 4.90 Å². The van der Waals surface area contributed by atoms with E-state index in [1.54, 1.807) is 0 Å². The molecule has 1 atom stereocenters. The number of hydrogen-bond donors (Lipinski definition) is 0. The summed E-state index contributed by atoms with van der Waals surface area (Å²) in [5.41, 5.74) is 24.9. The van der Waals surface area contributed by atoms with Crippen LogP contribution in [0.4, 0.5) is 17.1 Å². The van der Waals surface area contributed by atoms with E-state index in [4.69, 9.17) is 0 Å². The van der Waals surface area contributed by atoms with Crippen LogP contribution in [0.3, 0.4) is 0 Å². The fourth-order valence-corrected chi connectivity index (χ4v) is 12.3. The third-order valence-electron chi connectivity index (χ3n) is 15.9. The molecule has 0 saturated carbocycles. The Morgan fingerprint density at radius 1 is 0.303 bits per heavy atom. The molecule has 1 heterocycles. The number of para-hydroxylation sites is 4. The van der Waals surface area contributed by atoms with Gasteiger partial charge in [0.25, 0.3) is 0 Å². The summed E-state index contributed by atoms with van der Waals surface area (Å²) in [6, 6.07) is 109. The molecule has 13 aromatic rings. The average molecular weight is 969 g/mol. The highest BCUT2D eigenvalue weighted by Crippen LogP contribution is 2.53. The van der Waals surface area contributed by atoms with Gasteiger partial charge in [-0.15, -0.1) is 0 Å². The van der Waals surface area contributed by atoms with Crippen molar-refractivity contribution in [1.29, 1.82) is 0 Å². The summed E-state index contributed by atoms with van der Waals surface area (Å²) in [6.07, 6.45) is 0. The number of rotatable bonds is 10. The van der Waals surface area contributed by atoms with Gasteiger partial charge < -0.3 is 9.47 Å². The van der Waals surface area contributed by atoms with Gasteiger partial charge in [0.1, 0.15) is 0 Å². The lowest BCUT2D eigenvalue weighted by Crippen LogP contribution is -2.22. The summed E-state index contributed by atoms with van der Waals surface area (Å²) in [5, 5.41) is 2.48. The lowest BCUT2D eigenvalue weighted by atomic mass is 9.74. The molecule has 2 nitrogen and oxygen atoms in total. The zero-order valence-electron chi connectivity index (χ0n) is 42.2. The minimum Gasteiger partial charge on any atom is -0.310 e. The van der Waals surface area contributed by atoms with Crippen LogP contribution in [0, 0.1) is 0 Å². The van der Waals surface area contributed by atoms with E-state index >= 15 is 0 Å². The second-order valence-electron chi connectivity index (χ2n) is 20.1. The molecule has 2 heteroatoms. The second kappa shape index (κ2) is 18.6. The van der Waals surface area contributed by atoms with Crippen molar-refractivity contribution in [1.82, 2.24) is 4.57 Å². The summed E-state index contributed by atoms with van der Waals surface area (Å²) in [4.78, 5) is 2.44. The first-order chi connectivity index (χ1) is 37.6. The first kappa shape index (κ1) is 44.9. The van der Waals surface area contributed by atoms with Crippen molar-refractivity contribution >= 4 is 38.9 Å². The molecule has 1 aromatic heterocycles. The molecule has 0 aliphatic heterocycles. The van der Waals surface area contributed by atoms with Crippen molar-refractivity contribution < 1.29 is 0 Å². The van der Waals surface area contributed by atoms with Crippen LogP contribution in [0.1, 0.15) is 23.6 Å². The van der Waals surface area contributed by atoms with Crippen LogP contribution in [-0.2, 0) is 5.41 Å². The average Bonchev–Trinajstić information content (AvgIpc) is 4.05. The Labute approximate surface area is 444 Å². The molecule has 0 spiro atoms. The lowest BCUT2D eigenvalue weighted by molar-refractivity contribution is 0.714. The van der Waals surface area contributed by atoms with E-state index in [-0.39, 0.29) is 5.41 Å². The van der Waals surface area contributed by atoms with Crippen molar-refractivity contribution in [3.8, 4) is 72.4 Å². The van der Waals surface area contributed by atoms with Gasteiger partial charge in [-0.2, -0.15) is 0 Å². The highest BCUT2D eigenvalue weighted by atomic mass is 15.1. The van der Waals surface area contributed by atoms with Gasteiger partial charge in [-0.25, -0.2) is 0 Å². The highest BCUT2D eigenvalue weighted by molar-refractivity contribution is 6.14. The fraction of sp³-hybridized carbons (Fsp3) is 0.0270. The summed E-state index contributed by atoms with van der Waals surface area (Å²) in [6.45, 7) is 2.39. The molecular formula is C74H52N2. The van der Waals surface area contributed by atoms with Crippen molar-refractivity contribution in [3.63, 3.8) is 0 Å². The van der Waals surface area contributed by atoms with Gasteiger partial charge in [-0.05, 0) is 134 Å². The maximum Gasteiger partial charge on any atom is 0.0619 e. The molecule has 76 heavy (non-hydrogen) atoms. The Morgan fingerprint density at radius 2 is 0.776 bits per heavy atom. The largest absolute Gasteiger partial charge is 0.310 e. The predicted molar refractivity (Wildman–Crippen MR) is 320 cm³/mol. The monoisotopic (exact) mass is 968 g/mol. The zero-order chi connectivity index (χ0) is 50.6. The number of aromatic nitrogens is 1. The summed E-state index contributed by atoms with van der Waals surface area (Å²) >= 11 is 0. The van der Waals surface area contributed by atoms with Crippen LogP contribution in [-0.4, -0.2) is 4.57 Å². The SMILES string of the molecule is CC1(c2ccccc2)c2ccccc2-c2ccc(-c3ccc(N(c4ccc(-c5cccc6c7ccccc7n(-c7ccccc7)c56)cc4)c4ccccc4-c4ccccc4-c4ccccc4-c4ccccc4)cc3)cc21. The van der Waals surface area contributed by atoms with Gasteiger partial charge in [0, 0.05) is 44.4 Å². The fourth-order valence-electron chi connectivity index (χ4n) is 12.3. The topological polar surface area (TPSA) is 8.17 Å². The zero-order valence-corrected chi connectivity index (χ0v) is 42.2. The third kappa shape index (κ3) is 7.41. The summed E-state index contributed by atoms with van der Waals surface area (Å²) in [5.74, 6) is 0. The van der Waals surface area contributed by atoms with E-state index in [1.807, 2.05) is 0 Å². The Morgan fingerprint density at radius 3 is 1.49 bits per heavy atom. The highest BCUT2D eigenvalue weighted by Gasteiger charge is 2.40. The van der Waals surface area contributed by atoms with Crippen LogP contribution in [0.2, 0.25) is 0 Å². The summed E-state index contributed by atoms with van der Waals surface area (Å²) in [7, 11) is 0. The molecule has 1 unspecified atom stereocenters. The molecule has 0 saturated heterocycles. The van der Waals surface area contributed by atoms with Crippen molar-refractivity contribution in [2.24, 2.45) is 0 Å². The van der Waals surface area contributed by atoms with Gasteiger partial charge in [0.2, 0.25) is 0 Å². The number of fused-ring (bicyclic) bond motifs is 6. The number of hydrogen-bond acceptors (Lipinski definition) is 1. The van der Waals surface area contributed by atoms with Crippen LogP contribution >= 0.6 is 0 Å². The summed E-state index contributed by atoms with van der Waals surface area (Å²) < 4.78 is 2.42. The molecule has 0 radical (unpaired) electrons. The van der Waals surface area contributed by atoms with E-state index < -0.39 is 0 Å². The maximum atomic E-state index is 2.44. The molecule has 1 aliphatic carbocycles. The predicted octanol–water partition coefficient (Wildman–Crippen LogP) is 19.9. The van der Waals surface area contributed by atoms with Gasteiger partial charge in [0.05, 0.1) is 16.7 Å². The lowest BCUT2D eigenvalue weighted by Gasteiger charge is -2.29. The Balaban J connectivity index is 0.918. The molecule has 1 aliphatic rings. The molecule has 358 valence electrons. The Kier molecular flexibility index (Phi) is 11.0. The van der Waals surface area contributed by atoms with E-state index in [2.05, 4.69) is 314 Å². The molecule has 12 aromatic carbocycles. The first-order valence-corrected chi connectivity index (χ1v) is 26.3. The Hall–Kier alpha value is -9.76. The van der Waals surface area contributed by atoms with E-state index in [0.717, 1.165) is 33.9 Å². The molecule has 0 N–H and O–H groups in total. The molecule has 0 fully saturated rings. The van der Waals surface area contributed by atoms with Crippen molar-refractivity contribution in [3.05, 3.63) is 314 Å². The van der Waals surface area contributed by atoms with E-state index in [1.165, 1.54) is 94.1 Å². The molecule has 0 amide bonds. The van der Waals surface area contributed by atoms with E-state index in [0.29, 0.717) is 0 Å². The minimum absolute atomic E-state index is 0.280. The molecular weight excluding hydrogens is 917 g/mol. The van der Waals surface area contributed by atoms with Gasteiger partial charge in [0.15, 0.2) is 0 Å². The number of nitrogens with zero attached hydrogens (tertiary/aromatic N) is 2. The molecule has 0 bridgehead atoms. The second-order valence-corrected chi connectivity index (χ2v) is 20.1. The van der Waals surface area contributed by atoms with Gasteiger partial charge >= 0.3 is 0 Å².